The predicted molar refractivity (Wildman–Crippen MR) is 71.4 cm³/mol. The lowest BCUT2D eigenvalue weighted by atomic mass is 10.1. The number of rotatable bonds is 4. The van der Waals surface area contributed by atoms with Gasteiger partial charge in [-0.05, 0) is 31.2 Å². The molecule has 0 aliphatic carbocycles. The first kappa shape index (κ1) is 15.9. The second kappa shape index (κ2) is 6.08. The summed E-state index contributed by atoms with van der Waals surface area (Å²) in [5, 5.41) is 2.53. The van der Waals surface area contributed by atoms with Crippen LogP contribution in [0.15, 0.2) is 39.7 Å². The Hall–Kier alpha value is -2.51. The van der Waals surface area contributed by atoms with Gasteiger partial charge in [-0.1, -0.05) is 0 Å². The Morgan fingerprint density at radius 1 is 1.36 bits per heavy atom. The van der Waals surface area contributed by atoms with Gasteiger partial charge in [0.15, 0.2) is 0 Å². The Morgan fingerprint density at radius 2 is 2.09 bits per heavy atom. The normalized spacial score (nSPS) is 12.9. The van der Waals surface area contributed by atoms with Gasteiger partial charge in [-0.3, -0.25) is 9.59 Å². The van der Waals surface area contributed by atoms with Gasteiger partial charge >= 0.3 is 6.18 Å². The van der Waals surface area contributed by atoms with Crippen LogP contribution >= 0.6 is 0 Å². The minimum absolute atomic E-state index is 0.347. The van der Waals surface area contributed by atoms with Gasteiger partial charge < -0.3 is 14.7 Å². The zero-order valence-electron chi connectivity index (χ0n) is 11.5. The number of carbonyl (C=O) groups is 1. The fourth-order valence-electron chi connectivity index (χ4n) is 1.90. The lowest BCUT2D eigenvalue weighted by Gasteiger charge is -2.12. The molecule has 1 amide bonds. The second-order valence-corrected chi connectivity index (χ2v) is 4.77. The molecule has 0 fully saturated rings. The van der Waals surface area contributed by atoms with Crippen LogP contribution in [0.1, 0.15) is 28.7 Å². The number of hydrogen-bond donors (Lipinski definition) is 2. The number of alkyl halides is 3. The molecule has 0 aliphatic rings. The molecule has 0 bridgehead atoms. The van der Waals surface area contributed by atoms with E-state index >= 15 is 0 Å². The number of aromatic amines is 1. The van der Waals surface area contributed by atoms with Crippen LogP contribution in [0.3, 0.4) is 0 Å². The summed E-state index contributed by atoms with van der Waals surface area (Å²) < 4.78 is 42.4. The van der Waals surface area contributed by atoms with Crippen LogP contribution in [-0.4, -0.2) is 16.9 Å². The van der Waals surface area contributed by atoms with Gasteiger partial charge in [-0.25, -0.2) is 0 Å². The summed E-state index contributed by atoms with van der Waals surface area (Å²) in [7, 11) is 0. The molecule has 5 nitrogen and oxygen atoms in total. The summed E-state index contributed by atoms with van der Waals surface area (Å²) in [4.78, 5) is 25.2. The van der Waals surface area contributed by atoms with Crippen molar-refractivity contribution in [1.29, 1.82) is 0 Å². The fraction of sp³-hybridized carbons (Fsp3) is 0.286. The first-order valence-electron chi connectivity index (χ1n) is 6.41. The highest BCUT2D eigenvalue weighted by Gasteiger charge is 2.32. The van der Waals surface area contributed by atoms with Crippen molar-refractivity contribution >= 4 is 5.91 Å². The molecule has 2 aromatic heterocycles. The van der Waals surface area contributed by atoms with Gasteiger partial charge in [-0.2, -0.15) is 13.2 Å². The van der Waals surface area contributed by atoms with Gasteiger partial charge in [0.05, 0.1) is 6.26 Å². The molecule has 0 spiro atoms. The maximum Gasteiger partial charge on any atom is 0.431 e. The minimum Gasteiger partial charge on any atom is -0.469 e. The van der Waals surface area contributed by atoms with Crippen molar-refractivity contribution in [3.8, 4) is 0 Å². The number of nitrogens with one attached hydrogen (secondary N) is 2. The van der Waals surface area contributed by atoms with Crippen LogP contribution in [0.4, 0.5) is 13.2 Å². The summed E-state index contributed by atoms with van der Waals surface area (Å²) in [5.41, 5.74) is -2.66. The number of amides is 1. The van der Waals surface area contributed by atoms with E-state index in [1.165, 1.54) is 6.26 Å². The van der Waals surface area contributed by atoms with Crippen molar-refractivity contribution in [1.82, 2.24) is 10.3 Å². The topological polar surface area (TPSA) is 75.1 Å². The summed E-state index contributed by atoms with van der Waals surface area (Å²) in [5.74, 6) is -0.0943. The first-order chi connectivity index (χ1) is 10.3. The van der Waals surface area contributed by atoms with Crippen molar-refractivity contribution in [2.75, 3.05) is 0 Å². The molecule has 1 atom stereocenters. The highest BCUT2D eigenvalue weighted by Crippen LogP contribution is 2.26. The second-order valence-electron chi connectivity index (χ2n) is 4.77. The SMILES string of the molecule is C[C@H](Cc1ccco1)NC(=O)c1ccc(C(F)(F)F)[nH]c1=O. The van der Waals surface area contributed by atoms with Crippen molar-refractivity contribution < 1.29 is 22.4 Å². The molecule has 0 unspecified atom stereocenters. The lowest BCUT2D eigenvalue weighted by molar-refractivity contribution is -0.141. The predicted octanol–water partition coefficient (Wildman–Crippen LogP) is 2.35. The molecule has 2 rings (SSSR count). The van der Waals surface area contributed by atoms with Gasteiger partial charge in [0.2, 0.25) is 0 Å². The molecule has 0 radical (unpaired) electrons. The molecule has 0 aliphatic heterocycles. The third-order valence-electron chi connectivity index (χ3n) is 2.92. The fourth-order valence-corrected chi connectivity index (χ4v) is 1.90. The van der Waals surface area contributed by atoms with Crippen molar-refractivity contribution in [3.05, 3.63) is 57.9 Å². The Balaban J connectivity index is 2.08. The van der Waals surface area contributed by atoms with E-state index < -0.39 is 23.3 Å². The number of H-pyrrole nitrogens is 1. The van der Waals surface area contributed by atoms with E-state index in [2.05, 4.69) is 5.32 Å². The summed E-state index contributed by atoms with van der Waals surface area (Å²) >= 11 is 0. The number of carbonyl (C=O) groups excluding carboxylic acids is 1. The van der Waals surface area contributed by atoms with Crippen LogP contribution in [0.5, 0.6) is 0 Å². The maximum atomic E-state index is 12.4. The third kappa shape index (κ3) is 3.78. The lowest BCUT2D eigenvalue weighted by Crippen LogP contribution is -2.37. The molecule has 0 saturated carbocycles. The average molecular weight is 314 g/mol. The van der Waals surface area contributed by atoms with Crippen molar-refractivity contribution in [3.63, 3.8) is 0 Å². The molecule has 118 valence electrons. The van der Waals surface area contributed by atoms with E-state index in [1.807, 2.05) is 0 Å². The number of hydrogen-bond acceptors (Lipinski definition) is 3. The minimum atomic E-state index is -4.67. The van der Waals surface area contributed by atoms with E-state index in [-0.39, 0.29) is 11.6 Å². The molecule has 2 N–H and O–H groups in total. The van der Waals surface area contributed by atoms with E-state index in [1.54, 1.807) is 24.0 Å². The summed E-state index contributed by atoms with van der Waals surface area (Å²) in [6.07, 6.45) is -2.78. The van der Waals surface area contributed by atoms with E-state index in [0.29, 0.717) is 18.2 Å². The van der Waals surface area contributed by atoms with Crippen LogP contribution in [-0.2, 0) is 12.6 Å². The van der Waals surface area contributed by atoms with Gasteiger partial charge in [-0.15, -0.1) is 0 Å². The van der Waals surface area contributed by atoms with Gasteiger partial charge in [0.1, 0.15) is 17.0 Å². The van der Waals surface area contributed by atoms with E-state index in [0.717, 1.165) is 6.07 Å². The largest absolute Gasteiger partial charge is 0.469 e. The molecule has 2 aromatic rings. The zero-order chi connectivity index (χ0) is 16.3. The van der Waals surface area contributed by atoms with Gasteiger partial charge in [0, 0.05) is 12.5 Å². The molecule has 8 heteroatoms. The standard InChI is InChI=1S/C14H13F3N2O3/c1-8(7-9-3-2-6-22-9)18-12(20)10-4-5-11(14(15,16)17)19-13(10)21/h2-6,8H,7H2,1H3,(H,18,20)(H,19,21)/t8-/m1/s1. The van der Waals surface area contributed by atoms with Crippen molar-refractivity contribution in [2.24, 2.45) is 0 Å². The highest BCUT2D eigenvalue weighted by atomic mass is 19.4. The number of pyridine rings is 1. The quantitative estimate of drug-likeness (QED) is 0.909. The Labute approximate surface area is 123 Å². The molecular formula is C14H13F3N2O3. The molecule has 22 heavy (non-hydrogen) atoms. The van der Waals surface area contributed by atoms with Crippen LogP contribution in [0, 0.1) is 0 Å². The van der Waals surface area contributed by atoms with Crippen LogP contribution < -0.4 is 10.9 Å². The summed E-state index contributed by atoms with van der Waals surface area (Å²) in [6, 6.07) is 4.60. The first-order valence-corrected chi connectivity index (χ1v) is 6.41. The molecule has 0 saturated heterocycles. The zero-order valence-corrected chi connectivity index (χ0v) is 11.5. The smallest absolute Gasteiger partial charge is 0.431 e. The van der Waals surface area contributed by atoms with Crippen LogP contribution in [0.25, 0.3) is 0 Å². The average Bonchev–Trinajstić information content (AvgIpc) is 2.89. The number of halogens is 3. The monoisotopic (exact) mass is 314 g/mol. The maximum absolute atomic E-state index is 12.4. The Kier molecular flexibility index (Phi) is 4.39. The van der Waals surface area contributed by atoms with Crippen LogP contribution in [0.2, 0.25) is 0 Å². The van der Waals surface area contributed by atoms with E-state index in [4.69, 9.17) is 4.42 Å². The van der Waals surface area contributed by atoms with E-state index in [9.17, 15) is 22.8 Å². The van der Waals surface area contributed by atoms with Gasteiger partial charge in [0.25, 0.3) is 11.5 Å². The molecule has 2 heterocycles. The number of furan rings is 1. The Morgan fingerprint density at radius 3 is 2.64 bits per heavy atom. The molecule has 0 aromatic carbocycles. The third-order valence-corrected chi connectivity index (χ3v) is 2.92. The van der Waals surface area contributed by atoms with Crippen molar-refractivity contribution in [2.45, 2.75) is 25.6 Å². The Bertz CT molecular complexity index is 705. The summed E-state index contributed by atoms with van der Waals surface area (Å²) in [6.45, 7) is 1.69. The number of aromatic nitrogens is 1. The highest BCUT2D eigenvalue weighted by molar-refractivity contribution is 5.93. The molecular weight excluding hydrogens is 301 g/mol.